The summed E-state index contributed by atoms with van der Waals surface area (Å²) in [5.74, 6) is -0.944. The number of nitrogens with one attached hydrogen (secondary N) is 1. The lowest BCUT2D eigenvalue weighted by Crippen LogP contribution is -2.32. The summed E-state index contributed by atoms with van der Waals surface area (Å²) in [5.41, 5.74) is -0.168. The molecule has 1 amide bonds. The van der Waals surface area contributed by atoms with Gasteiger partial charge in [-0.05, 0) is 12.8 Å². The molecule has 1 aliphatic rings. The number of alkyl halides is 2. The van der Waals surface area contributed by atoms with Gasteiger partial charge in [0.05, 0.1) is 12.2 Å². The SMILES string of the molecule is CN(CC(F)F)C(=O)c1n[nH]c(C2CC2)c1S(=O)(=O)Cl. The number of hydrogen-bond donors (Lipinski definition) is 1. The van der Waals surface area contributed by atoms with E-state index in [1.807, 2.05) is 0 Å². The minimum absolute atomic E-state index is 0.0343. The van der Waals surface area contributed by atoms with E-state index in [9.17, 15) is 22.0 Å². The molecule has 2 rings (SSSR count). The summed E-state index contributed by atoms with van der Waals surface area (Å²) in [4.78, 5) is 12.3. The molecule has 20 heavy (non-hydrogen) atoms. The van der Waals surface area contributed by atoms with E-state index >= 15 is 0 Å². The average molecular weight is 328 g/mol. The van der Waals surface area contributed by atoms with Gasteiger partial charge in [-0.15, -0.1) is 0 Å². The van der Waals surface area contributed by atoms with Crippen molar-refractivity contribution >= 4 is 25.6 Å². The Kier molecular flexibility index (Phi) is 4.01. The van der Waals surface area contributed by atoms with Crippen molar-refractivity contribution in [1.82, 2.24) is 15.1 Å². The van der Waals surface area contributed by atoms with Crippen LogP contribution in [0.3, 0.4) is 0 Å². The highest BCUT2D eigenvalue weighted by Crippen LogP contribution is 2.43. The predicted molar refractivity (Wildman–Crippen MR) is 66.6 cm³/mol. The molecule has 0 radical (unpaired) electrons. The molecule has 0 aromatic carbocycles. The first kappa shape index (κ1) is 15.2. The highest BCUT2D eigenvalue weighted by atomic mass is 35.7. The number of H-pyrrole nitrogens is 1. The van der Waals surface area contributed by atoms with Crippen LogP contribution in [0.2, 0.25) is 0 Å². The van der Waals surface area contributed by atoms with Gasteiger partial charge in [0.1, 0.15) is 4.90 Å². The molecule has 112 valence electrons. The van der Waals surface area contributed by atoms with Gasteiger partial charge in [-0.25, -0.2) is 17.2 Å². The quantitative estimate of drug-likeness (QED) is 0.832. The van der Waals surface area contributed by atoms with E-state index in [0.717, 1.165) is 19.9 Å². The molecule has 1 heterocycles. The highest BCUT2D eigenvalue weighted by Gasteiger charge is 2.37. The van der Waals surface area contributed by atoms with Gasteiger partial charge in [-0.3, -0.25) is 9.89 Å². The standard InChI is InChI=1S/C10H12ClF2N3O3S/c1-16(4-6(12)13)10(17)8-9(20(11,18)19)7(14-15-8)5-2-3-5/h5-6H,2-4H2,1H3,(H,14,15). The maximum atomic E-state index is 12.3. The van der Waals surface area contributed by atoms with Crippen LogP contribution in [-0.4, -0.2) is 49.4 Å². The van der Waals surface area contributed by atoms with Crippen LogP contribution in [0.5, 0.6) is 0 Å². The van der Waals surface area contributed by atoms with Crippen molar-refractivity contribution in [3.8, 4) is 0 Å². The van der Waals surface area contributed by atoms with Crippen LogP contribution in [0.4, 0.5) is 8.78 Å². The molecule has 1 aliphatic carbocycles. The highest BCUT2D eigenvalue weighted by molar-refractivity contribution is 8.13. The molecule has 1 N–H and O–H groups in total. The van der Waals surface area contributed by atoms with E-state index in [0.29, 0.717) is 4.90 Å². The smallest absolute Gasteiger partial charge is 0.275 e. The van der Waals surface area contributed by atoms with Gasteiger partial charge in [0.2, 0.25) is 0 Å². The van der Waals surface area contributed by atoms with Crippen LogP contribution in [0.1, 0.15) is 34.9 Å². The largest absolute Gasteiger partial charge is 0.335 e. The predicted octanol–water partition coefficient (Wildman–Crippen LogP) is 1.55. The lowest BCUT2D eigenvalue weighted by Gasteiger charge is -2.15. The summed E-state index contributed by atoms with van der Waals surface area (Å²) in [6.45, 7) is -0.813. The second-order valence-corrected chi connectivity index (χ2v) is 7.11. The molecule has 6 nitrogen and oxygen atoms in total. The fourth-order valence-electron chi connectivity index (χ4n) is 1.86. The summed E-state index contributed by atoms with van der Waals surface area (Å²) < 4.78 is 47.8. The monoisotopic (exact) mass is 327 g/mol. The summed E-state index contributed by atoms with van der Waals surface area (Å²) >= 11 is 0. The maximum absolute atomic E-state index is 12.3. The number of amides is 1. The Morgan fingerprint density at radius 3 is 2.60 bits per heavy atom. The number of aromatic amines is 1. The number of hydrogen-bond acceptors (Lipinski definition) is 4. The van der Waals surface area contributed by atoms with Gasteiger partial charge in [0.15, 0.2) is 5.69 Å². The normalized spacial score (nSPS) is 15.7. The van der Waals surface area contributed by atoms with Crippen molar-refractivity contribution in [3.05, 3.63) is 11.4 Å². The van der Waals surface area contributed by atoms with Gasteiger partial charge in [-0.2, -0.15) is 5.10 Å². The maximum Gasteiger partial charge on any atom is 0.275 e. The van der Waals surface area contributed by atoms with Gasteiger partial charge in [0, 0.05) is 23.6 Å². The molecule has 0 aliphatic heterocycles. The number of nitrogens with zero attached hydrogens (tertiary/aromatic N) is 2. The zero-order chi connectivity index (χ0) is 15.1. The topological polar surface area (TPSA) is 83.1 Å². The summed E-state index contributed by atoms with van der Waals surface area (Å²) in [6, 6.07) is 0. The van der Waals surface area contributed by atoms with Crippen molar-refractivity contribution in [3.63, 3.8) is 0 Å². The molecule has 1 aromatic rings. The number of carbonyl (C=O) groups excluding carboxylic acids is 1. The number of halogens is 3. The summed E-state index contributed by atoms with van der Waals surface area (Å²) in [5, 5.41) is 6.13. The molecule has 1 saturated carbocycles. The molecule has 0 unspecified atom stereocenters. The van der Waals surface area contributed by atoms with Gasteiger partial charge >= 0.3 is 0 Å². The molecule has 1 fully saturated rings. The van der Waals surface area contributed by atoms with Crippen molar-refractivity contribution in [2.45, 2.75) is 30.1 Å². The zero-order valence-electron chi connectivity index (χ0n) is 10.4. The fraction of sp³-hybridized carbons (Fsp3) is 0.600. The van der Waals surface area contributed by atoms with Crippen LogP contribution < -0.4 is 0 Å². The number of rotatable bonds is 5. The minimum Gasteiger partial charge on any atom is -0.335 e. The third-order valence-electron chi connectivity index (χ3n) is 2.94. The molecule has 0 bridgehead atoms. The number of aromatic nitrogens is 2. The average Bonchev–Trinajstić information content (AvgIpc) is 3.04. The Labute approximate surface area is 118 Å². The van der Waals surface area contributed by atoms with Crippen LogP contribution in [0.15, 0.2) is 4.90 Å². The van der Waals surface area contributed by atoms with Crippen molar-refractivity contribution in [2.75, 3.05) is 13.6 Å². The Bertz CT molecular complexity index is 628. The van der Waals surface area contributed by atoms with E-state index in [2.05, 4.69) is 10.2 Å². The van der Waals surface area contributed by atoms with Crippen molar-refractivity contribution < 1.29 is 22.0 Å². The van der Waals surface area contributed by atoms with Crippen molar-refractivity contribution in [1.29, 1.82) is 0 Å². The van der Waals surface area contributed by atoms with Gasteiger partial charge in [-0.1, -0.05) is 0 Å². The molecule has 0 saturated heterocycles. The first-order chi connectivity index (χ1) is 9.21. The summed E-state index contributed by atoms with van der Waals surface area (Å²) in [6.07, 6.45) is -1.19. The lowest BCUT2D eigenvalue weighted by atomic mass is 10.2. The van der Waals surface area contributed by atoms with E-state index in [1.165, 1.54) is 0 Å². The lowest BCUT2D eigenvalue weighted by molar-refractivity contribution is 0.0612. The Balaban J connectivity index is 2.39. The van der Waals surface area contributed by atoms with E-state index in [-0.39, 0.29) is 11.6 Å². The summed E-state index contributed by atoms with van der Waals surface area (Å²) in [7, 11) is 2.28. The van der Waals surface area contributed by atoms with Gasteiger partial charge < -0.3 is 4.90 Å². The fourth-order valence-corrected chi connectivity index (χ4v) is 3.16. The van der Waals surface area contributed by atoms with Crippen LogP contribution in [0, 0.1) is 0 Å². The molecular weight excluding hydrogens is 316 g/mol. The Hall–Kier alpha value is -1.22. The Morgan fingerprint density at radius 1 is 1.55 bits per heavy atom. The third kappa shape index (κ3) is 3.09. The molecule has 0 atom stereocenters. The molecule has 0 spiro atoms. The van der Waals surface area contributed by atoms with E-state index in [1.54, 1.807) is 0 Å². The van der Waals surface area contributed by atoms with Crippen LogP contribution in [-0.2, 0) is 9.05 Å². The Morgan fingerprint density at radius 2 is 2.15 bits per heavy atom. The van der Waals surface area contributed by atoms with Crippen LogP contribution in [0.25, 0.3) is 0 Å². The van der Waals surface area contributed by atoms with Crippen molar-refractivity contribution in [2.24, 2.45) is 0 Å². The van der Waals surface area contributed by atoms with Crippen LogP contribution >= 0.6 is 10.7 Å². The second kappa shape index (κ2) is 5.28. The molecule has 1 aromatic heterocycles. The molecule has 10 heteroatoms. The molecular formula is C10H12ClF2N3O3S. The van der Waals surface area contributed by atoms with Gasteiger partial charge in [0.25, 0.3) is 21.4 Å². The van der Waals surface area contributed by atoms with E-state index in [4.69, 9.17) is 10.7 Å². The zero-order valence-corrected chi connectivity index (χ0v) is 12.0. The second-order valence-electron chi connectivity index (χ2n) is 4.60. The number of carbonyl (C=O) groups is 1. The minimum atomic E-state index is -4.19. The first-order valence-corrected chi connectivity index (χ1v) is 8.09. The third-order valence-corrected chi connectivity index (χ3v) is 4.30. The van der Waals surface area contributed by atoms with E-state index < -0.39 is 38.5 Å². The first-order valence-electron chi connectivity index (χ1n) is 5.78.